The molecule has 1 unspecified atom stereocenters. The fourth-order valence-electron chi connectivity index (χ4n) is 4.20. The van der Waals surface area contributed by atoms with E-state index in [0.717, 1.165) is 0 Å². The summed E-state index contributed by atoms with van der Waals surface area (Å²) < 4.78 is 17.1. The second-order valence-electron chi connectivity index (χ2n) is 8.18. The number of rotatable bonds is 6. The molecule has 1 heterocycles. The molecule has 0 aliphatic carbocycles. The van der Waals surface area contributed by atoms with Gasteiger partial charge in [-0.25, -0.2) is 0 Å². The average Bonchev–Trinajstić information content (AvgIpc) is 2.90. The Morgan fingerprint density at radius 1 is 0.861 bits per heavy atom. The van der Waals surface area contributed by atoms with Crippen molar-refractivity contribution in [2.75, 3.05) is 12.4 Å². The number of carbonyl (C=O) groups excluding carboxylic acids is 2. The molecule has 5 rings (SSSR count). The first kappa shape index (κ1) is 23.5. The molecule has 0 radical (unpaired) electrons. The van der Waals surface area contributed by atoms with Crippen LogP contribution in [0.5, 0.6) is 17.2 Å². The SMILES string of the molecule is COc1ccc(NC(=O)C(OC(=O)C2c3ccccc3Oc3ccccc32)c2ccccc2)cc1Cl. The first-order chi connectivity index (χ1) is 17.5. The summed E-state index contributed by atoms with van der Waals surface area (Å²) in [5.41, 5.74) is 2.34. The van der Waals surface area contributed by atoms with E-state index in [4.69, 9.17) is 25.8 Å². The van der Waals surface area contributed by atoms with Crippen LogP contribution < -0.4 is 14.8 Å². The van der Waals surface area contributed by atoms with E-state index in [-0.39, 0.29) is 0 Å². The highest BCUT2D eigenvalue weighted by atomic mass is 35.5. The van der Waals surface area contributed by atoms with Crippen LogP contribution in [0.1, 0.15) is 28.7 Å². The number of amides is 1. The summed E-state index contributed by atoms with van der Waals surface area (Å²) >= 11 is 6.22. The quantitative estimate of drug-likeness (QED) is 0.306. The topological polar surface area (TPSA) is 73.9 Å². The number of esters is 1. The molecular weight excluding hydrogens is 478 g/mol. The average molecular weight is 500 g/mol. The molecular formula is C29H22ClNO5. The van der Waals surface area contributed by atoms with Gasteiger partial charge < -0.3 is 19.5 Å². The molecule has 1 aliphatic heterocycles. The van der Waals surface area contributed by atoms with Crippen LogP contribution in [0, 0.1) is 0 Å². The summed E-state index contributed by atoms with van der Waals surface area (Å²) in [5.74, 6) is -0.184. The van der Waals surface area contributed by atoms with E-state index < -0.39 is 23.9 Å². The lowest BCUT2D eigenvalue weighted by Gasteiger charge is -2.28. The van der Waals surface area contributed by atoms with E-state index in [0.29, 0.717) is 44.6 Å². The van der Waals surface area contributed by atoms with Crippen LogP contribution >= 0.6 is 11.6 Å². The zero-order valence-electron chi connectivity index (χ0n) is 19.3. The first-order valence-corrected chi connectivity index (χ1v) is 11.7. The summed E-state index contributed by atoms with van der Waals surface area (Å²) in [7, 11) is 1.51. The Bertz CT molecular complexity index is 1380. The van der Waals surface area contributed by atoms with Crippen LogP contribution in [0.4, 0.5) is 5.69 Å². The summed E-state index contributed by atoms with van der Waals surface area (Å²) in [6.45, 7) is 0. The lowest BCUT2D eigenvalue weighted by atomic mass is 9.88. The van der Waals surface area contributed by atoms with Crippen LogP contribution in [0.2, 0.25) is 5.02 Å². The van der Waals surface area contributed by atoms with Crippen molar-refractivity contribution < 1.29 is 23.8 Å². The van der Waals surface area contributed by atoms with E-state index in [9.17, 15) is 9.59 Å². The van der Waals surface area contributed by atoms with Crippen LogP contribution in [0.15, 0.2) is 97.1 Å². The van der Waals surface area contributed by atoms with Gasteiger partial charge in [0, 0.05) is 22.4 Å². The summed E-state index contributed by atoms with van der Waals surface area (Å²) in [4.78, 5) is 27.1. The highest BCUT2D eigenvalue weighted by Gasteiger charge is 2.36. The minimum Gasteiger partial charge on any atom is -0.495 e. The zero-order chi connectivity index (χ0) is 25.1. The molecule has 6 nitrogen and oxygen atoms in total. The van der Waals surface area contributed by atoms with Gasteiger partial charge in [0.25, 0.3) is 5.91 Å². The van der Waals surface area contributed by atoms with Gasteiger partial charge in [-0.15, -0.1) is 0 Å². The number of anilines is 1. The molecule has 4 aromatic rings. The molecule has 36 heavy (non-hydrogen) atoms. The van der Waals surface area contributed by atoms with Crippen molar-refractivity contribution in [3.63, 3.8) is 0 Å². The summed E-state index contributed by atoms with van der Waals surface area (Å²) in [6.07, 6.45) is -1.19. The monoisotopic (exact) mass is 499 g/mol. The molecule has 1 N–H and O–H groups in total. The maximum absolute atomic E-state index is 13.7. The Kier molecular flexibility index (Phi) is 6.60. The number of benzene rings is 4. The number of fused-ring (bicyclic) bond motifs is 2. The Morgan fingerprint density at radius 2 is 1.47 bits per heavy atom. The van der Waals surface area contributed by atoms with Gasteiger partial charge in [-0.2, -0.15) is 0 Å². The third-order valence-electron chi connectivity index (χ3n) is 5.91. The van der Waals surface area contributed by atoms with Crippen LogP contribution in [0.25, 0.3) is 0 Å². The number of nitrogens with one attached hydrogen (secondary N) is 1. The molecule has 180 valence electrons. The van der Waals surface area contributed by atoms with Gasteiger partial charge in [0.15, 0.2) is 0 Å². The number of halogens is 1. The van der Waals surface area contributed by atoms with Crippen molar-refractivity contribution in [3.8, 4) is 17.2 Å². The second-order valence-corrected chi connectivity index (χ2v) is 8.58. The molecule has 0 aromatic heterocycles. The largest absolute Gasteiger partial charge is 0.495 e. The highest BCUT2D eigenvalue weighted by Crippen LogP contribution is 2.45. The number of ether oxygens (including phenoxy) is 3. The van der Waals surface area contributed by atoms with Crippen molar-refractivity contribution in [1.29, 1.82) is 0 Å². The third-order valence-corrected chi connectivity index (χ3v) is 6.20. The molecule has 7 heteroatoms. The Balaban J connectivity index is 1.47. The minimum atomic E-state index is -1.19. The van der Waals surface area contributed by atoms with Gasteiger partial charge in [0.2, 0.25) is 6.10 Å². The molecule has 0 spiro atoms. The van der Waals surface area contributed by atoms with Gasteiger partial charge in [0.1, 0.15) is 23.2 Å². The zero-order valence-corrected chi connectivity index (χ0v) is 20.1. The fraction of sp³-hybridized carbons (Fsp3) is 0.103. The lowest BCUT2D eigenvalue weighted by molar-refractivity contribution is -0.155. The van der Waals surface area contributed by atoms with Crippen molar-refractivity contribution in [1.82, 2.24) is 0 Å². The number of para-hydroxylation sites is 2. The molecule has 0 saturated carbocycles. The van der Waals surface area contributed by atoms with Crippen molar-refractivity contribution in [2.45, 2.75) is 12.0 Å². The third kappa shape index (κ3) is 4.63. The molecule has 1 atom stereocenters. The van der Waals surface area contributed by atoms with E-state index in [1.165, 1.54) is 7.11 Å². The van der Waals surface area contributed by atoms with Gasteiger partial charge in [-0.1, -0.05) is 78.3 Å². The Morgan fingerprint density at radius 3 is 2.08 bits per heavy atom. The van der Waals surface area contributed by atoms with Crippen LogP contribution in [-0.2, 0) is 14.3 Å². The second kappa shape index (κ2) is 10.1. The molecule has 1 aliphatic rings. The lowest BCUT2D eigenvalue weighted by Crippen LogP contribution is -2.29. The highest BCUT2D eigenvalue weighted by molar-refractivity contribution is 6.32. The Labute approximate surface area is 213 Å². The smallest absolute Gasteiger partial charge is 0.319 e. The summed E-state index contributed by atoms with van der Waals surface area (Å²) in [6, 6.07) is 28.4. The maximum atomic E-state index is 13.7. The predicted molar refractivity (Wildman–Crippen MR) is 137 cm³/mol. The molecule has 0 saturated heterocycles. The van der Waals surface area contributed by atoms with Gasteiger partial charge in [0.05, 0.1) is 12.1 Å². The number of hydrogen-bond donors (Lipinski definition) is 1. The predicted octanol–water partition coefficient (Wildman–Crippen LogP) is 6.51. The number of hydrogen-bond acceptors (Lipinski definition) is 5. The van der Waals surface area contributed by atoms with E-state index in [1.54, 1.807) is 54.6 Å². The molecule has 0 fully saturated rings. The van der Waals surface area contributed by atoms with E-state index >= 15 is 0 Å². The minimum absolute atomic E-state index is 0.346. The fourth-order valence-corrected chi connectivity index (χ4v) is 4.46. The Hall–Kier alpha value is -4.29. The first-order valence-electron chi connectivity index (χ1n) is 11.3. The van der Waals surface area contributed by atoms with Crippen molar-refractivity contribution in [3.05, 3.63) is 119 Å². The van der Waals surface area contributed by atoms with Crippen molar-refractivity contribution in [2.24, 2.45) is 0 Å². The van der Waals surface area contributed by atoms with Crippen molar-refractivity contribution >= 4 is 29.2 Å². The van der Waals surface area contributed by atoms with Crippen LogP contribution in [-0.4, -0.2) is 19.0 Å². The summed E-state index contributed by atoms with van der Waals surface area (Å²) in [5, 5.41) is 3.14. The van der Waals surface area contributed by atoms with E-state index in [1.807, 2.05) is 42.5 Å². The van der Waals surface area contributed by atoms with E-state index in [2.05, 4.69) is 5.32 Å². The number of methoxy groups -OCH3 is 1. The maximum Gasteiger partial charge on any atom is 0.319 e. The normalized spacial score (nSPS) is 12.9. The standard InChI is InChI=1S/C29H22ClNO5/c1-34-25-16-15-19(17-22(25)30)31-28(32)27(18-9-3-2-4-10-18)36-29(33)26-20-11-5-7-13-23(20)35-24-14-8-6-12-21(24)26/h2-17,26-27H,1H3,(H,31,32). The number of carbonyl (C=O) groups is 2. The molecule has 4 aromatic carbocycles. The molecule has 1 amide bonds. The van der Waals surface area contributed by atoms with Gasteiger partial charge in [-0.05, 0) is 30.3 Å². The van der Waals surface area contributed by atoms with Crippen LogP contribution in [0.3, 0.4) is 0 Å². The molecule has 0 bridgehead atoms. The van der Waals surface area contributed by atoms with Gasteiger partial charge in [-0.3, -0.25) is 9.59 Å². The van der Waals surface area contributed by atoms with Gasteiger partial charge >= 0.3 is 5.97 Å².